The zero-order valence-corrected chi connectivity index (χ0v) is 19.8. The number of rotatable bonds is 4. The summed E-state index contributed by atoms with van der Waals surface area (Å²) >= 11 is 0. The van der Waals surface area contributed by atoms with Gasteiger partial charge in [0.1, 0.15) is 5.78 Å². The van der Waals surface area contributed by atoms with Gasteiger partial charge in [-0.2, -0.15) is 0 Å². The van der Waals surface area contributed by atoms with E-state index in [0.29, 0.717) is 48.4 Å². The number of Topliss-reactive ketones (excluding diaryl/α,β-unsaturated/α-hetero) is 2. The molecule has 4 saturated carbocycles. The van der Waals surface area contributed by atoms with Crippen molar-refractivity contribution in [1.29, 1.82) is 0 Å². The molecule has 5 heteroatoms. The highest BCUT2D eigenvalue weighted by Gasteiger charge is 2.63. The highest BCUT2D eigenvalue weighted by Crippen LogP contribution is 2.67. The molecule has 0 aliphatic heterocycles. The van der Waals surface area contributed by atoms with Gasteiger partial charge in [-0.05, 0) is 85.2 Å². The van der Waals surface area contributed by atoms with E-state index < -0.39 is 12.1 Å². The number of ether oxygens (including phenoxy) is 1. The number of ketones is 2. The smallest absolute Gasteiger partial charge is 0.338 e. The molecule has 0 heterocycles. The molecule has 0 spiro atoms. The molecule has 0 unspecified atom stereocenters. The number of esters is 1. The summed E-state index contributed by atoms with van der Waals surface area (Å²) in [6.45, 7) is 4.30. The van der Waals surface area contributed by atoms with Crippen LogP contribution in [0.4, 0.5) is 0 Å². The second-order valence-corrected chi connectivity index (χ2v) is 11.6. The Morgan fingerprint density at radius 1 is 1.06 bits per heavy atom. The average Bonchev–Trinajstić information content (AvgIpc) is 3.14. The largest absolute Gasteiger partial charge is 0.454 e. The zero-order chi connectivity index (χ0) is 23.4. The number of hydrogen-bond acceptors (Lipinski definition) is 5. The van der Waals surface area contributed by atoms with E-state index in [0.717, 1.165) is 32.1 Å². The number of aliphatic hydroxyl groups is 1. The minimum Gasteiger partial charge on any atom is -0.454 e. The fourth-order valence-electron chi connectivity index (χ4n) is 8.59. The molecule has 5 rings (SSSR count). The van der Waals surface area contributed by atoms with Crippen LogP contribution in [0.2, 0.25) is 0 Å². The summed E-state index contributed by atoms with van der Waals surface area (Å²) in [5, 5.41) is 11.5. The summed E-state index contributed by atoms with van der Waals surface area (Å²) in [5.74, 6) is 1.12. The molecule has 8 atom stereocenters. The second-order valence-electron chi connectivity index (χ2n) is 11.6. The van der Waals surface area contributed by atoms with Crippen LogP contribution in [0.5, 0.6) is 0 Å². The van der Waals surface area contributed by atoms with E-state index in [1.807, 2.05) is 6.07 Å². The van der Waals surface area contributed by atoms with Gasteiger partial charge in [0.2, 0.25) is 0 Å². The Morgan fingerprint density at radius 2 is 1.82 bits per heavy atom. The minimum absolute atomic E-state index is 0.0157. The van der Waals surface area contributed by atoms with E-state index in [9.17, 15) is 19.5 Å². The van der Waals surface area contributed by atoms with Crippen LogP contribution in [0, 0.1) is 40.4 Å². The monoisotopic (exact) mass is 452 g/mol. The molecule has 5 nitrogen and oxygen atoms in total. The number of benzene rings is 1. The highest BCUT2D eigenvalue weighted by atomic mass is 16.5. The summed E-state index contributed by atoms with van der Waals surface area (Å²) < 4.78 is 5.37. The molecule has 1 N–H and O–H groups in total. The fraction of sp³-hybridized carbons (Fsp3) is 0.679. The topological polar surface area (TPSA) is 80.7 Å². The van der Waals surface area contributed by atoms with E-state index in [4.69, 9.17) is 4.74 Å². The summed E-state index contributed by atoms with van der Waals surface area (Å²) in [7, 11) is 0. The van der Waals surface area contributed by atoms with Crippen LogP contribution in [0.3, 0.4) is 0 Å². The molecule has 0 amide bonds. The van der Waals surface area contributed by atoms with Crippen molar-refractivity contribution in [3.05, 3.63) is 35.9 Å². The Balaban J connectivity index is 1.31. The Kier molecular flexibility index (Phi) is 5.75. The molecular formula is C28H36O5. The lowest BCUT2D eigenvalue weighted by atomic mass is 9.44. The predicted octanol–water partition coefficient (Wildman–Crippen LogP) is 4.61. The molecule has 0 radical (unpaired) electrons. The number of hydrogen-bond donors (Lipinski definition) is 1. The van der Waals surface area contributed by atoms with Crippen LogP contribution >= 0.6 is 0 Å². The first-order valence-corrected chi connectivity index (χ1v) is 12.7. The first kappa shape index (κ1) is 22.8. The average molecular weight is 453 g/mol. The molecule has 1 aromatic carbocycles. The van der Waals surface area contributed by atoms with Crippen molar-refractivity contribution in [2.45, 2.75) is 71.3 Å². The molecule has 0 aromatic heterocycles. The third-order valence-electron chi connectivity index (χ3n) is 10.2. The molecule has 4 fully saturated rings. The maximum Gasteiger partial charge on any atom is 0.338 e. The Bertz CT molecular complexity index is 941. The molecular weight excluding hydrogens is 416 g/mol. The number of carbonyl (C=O) groups excluding carboxylic acids is 3. The van der Waals surface area contributed by atoms with Crippen molar-refractivity contribution in [3.8, 4) is 0 Å². The van der Waals surface area contributed by atoms with Gasteiger partial charge < -0.3 is 9.84 Å². The number of carbonyl (C=O) groups is 3. The van der Waals surface area contributed by atoms with Gasteiger partial charge in [-0.15, -0.1) is 0 Å². The SMILES string of the molecule is C[C@]12CCC(=O)C[C@H]1CC[C@@H]1[C@@H]2[C@H](O)C[C@]2(C)[C@@H](C(=O)COC(=O)c3ccccc3)CC[C@@H]12. The van der Waals surface area contributed by atoms with Gasteiger partial charge in [0.15, 0.2) is 12.4 Å². The van der Waals surface area contributed by atoms with Gasteiger partial charge in [-0.25, -0.2) is 4.79 Å². The zero-order valence-electron chi connectivity index (χ0n) is 19.8. The van der Waals surface area contributed by atoms with Crippen molar-refractivity contribution in [3.63, 3.8) is 0 Å². The quantitative estimate of drug-likeness (QED) is 0.675. The number of fused-ring (bicyclic) bond motifs is 5. The summed E-state index contributed by atoms with van der Waals surface area (Å²) in [6.07, 6.45) is 6.26. The van der Waals surface area contributed by atoms with Gasteiger partial charge in [-0.3, -0.25) is 9.59 Å². The lowest BCUT2D eigenvalue weighted by Crippen LogP contribution is -2.59. The summed E-state index contributed by atoms with van der Waals surface area (Å²) in [6, 6.07) is 8.76. The van der Waals surface area contributed by atoms with Crippen LogP contribution < -0.4 is 0 Å². The fourth-order valence-corrected chi connectivity index (χ4v) is 8.59. The van der Waals surface area contributed by atoms with Gasteiger partial charge in [0.05, 0.1) is 11.7 Å². The van der Waals surface area contributed by atoms with Gasteiger partial charge in [0, 0.05) is 18.8 Å². The first-order chi connectivity index (χ1) is 15.7. The van der Waals surface area contributed by atoms with E-state index in [1.165, 1.54) is 0 Å². The summed E-state index contributed by atoms with van der Waals surface area (Å²) in [4.78, 5) is 37.7. The minimum atomic E-state index is -0.467. The molecule has 178 valence electrons. The van der Waals surface area contributed by atoms with Crippen molar-refractivity contribution in [2.24, 2.45) is 40.4 Å². The highest BCUT2D eigenvalue weighted by molar-refractivity contribution is 5.92. The molecule has 0 bridgehead atoms. The van der Waals surface area contributed by atoms with Gasteiger partial charge in [-0.1, -0.05) is 32.0 Å². The number of aliphatic hydroxyl groups excluding tert-OH is 1. The molecule has 1 aromatic rings. The molecule has 33 heavy (non-hydrogen) atoms. The van der Waals surface area contributed by atoms with Crippen LogP contribution in [0.15, 0.2) is 30.3 Å². The summed E-state index contributed by atoms with van der Waals surface area (Å²) in [5.41, 5.74) is 0.211. The Hall–Kier alpha value is -2.01. The maximum absolute atomic E-state index is 13.2. The predicted molar refractivity (Wildman–Crippen MR) is 123 cm³/mol. The van der Waals surface area contributed by atoms with Crippen LogP contribution in [-0.2, 0) is 14.3 Å². The van der Waals surface area contributed by atoms with Crippen LogP contribution in [-0.4, -0.2) is 35.4 Å². The van der Waals surface area contributed by atoms with E-state index in [1.54, 1.807) is 24.3 Å². The van der Waals surface area contributed by atoms with E-state index >= 15 is 0 Å². The third-order valence-corrected chi connectivity index (χ3v) is 10.2. The van der Waals surface area contributed by atoms with Crippen molar-refractivity contribution in [1.82, 2.24) is 0 Å². The van der Waals surface area contributed by atoms with Crippen molar-refractivity contribution < 1.29 is 24.2 Å². The first-order valence-electron chi connectivity index (χ1n) is 12.7. The van der Waals surface area contributed by atoms with Crippen LogP contribution in [0.1, 0.15) is 75.6 Å². The Labute approximate surface area is 196 Å². The Morgan fingerprint density at radius 3 is 2.58 bits per heavy atom. The second kappa shape index (κ2) is 8.33. The standard InChI is InChI=1S/C28H36O5/c1-27-13-12-19(29)14-18(27)8-9-20-21-10-11-22(28(21,2)15-23(30)25(20)27)24(31)16-33-26(32)17-6-4-3-5-7-17/h3-7,18,20-23,25,30H,8-16H2,1-2H3/t18-,20+,21+,22-,23-,25-,27+,28+/m1/s1. The van der Waals surface area contributed by atoms with Crippen LogP contribution in [0.25, 0.3) is 0 Å². The lowest BCUT2D eigenvalue weighted by molar-refractivity contribution is -0.174. The molecule has 4 aliphatic carbocycles. The normalized spacial score (nSPS) is 42.1. The van der Waals surface area contributed by atoms with E-state index in [-0.39, 0.29) is 35.1 Å². The van der Waals surface area contributed by atoms with E-state index in [2.05, 4.69) is 13.8 Å². The maximum atomic E-state index is 13.2. The lowest BCUT2D eigenvalue weighted by Gasteiger charge is -2.61. The third kappa shape index (κ3) is 3.67. The molecule has 4 aliphatic rings. The van der Waals surface area contributed by atoms with Crippen molar-refractivity contribution in [2.75, 3.05) is 6.61 Å². The molecule has 0 saturated heterocycles. The van der Waals surface area contributed by atoms with Crippen molar-refractivity contribution >= 4 is 17.5 Å². The van der Waals surface area contributed by atoms with Gasteiger partial charge in [0.25, 0.3) is 0 Å². The van der Waals surface area contributed by atoms with Gasteiger partial charge >= 0.3 is 5.97 Å².